The number of aliphatic carboxylic acids is 1. The van der Waals surface area contributed by atoms with Gasteiger partial charge in [-0.05, 0) is 109 Å². The summed E-state index contributed by atoms with van der Waals surface area (Å²) in [5.74, 6) is -2.31. The number of allylic oxidation sites excluding steroid dienone is 1. The number of halogens is 5. The summed E-state index contributed by atoms with van der Waals surface area (Å²) in [7, 11) is -4.10. The summed E-state index contributed by atoms with van der Waals surface area (Å²) < 4.78 is 51.5. The number of anilines is 2. The quantitative estimate of drug-likeness (QED) is 0.0481. The first kappa shape index (κ1) is 59.0. The number of carbonyl (C=O) groups excluding carboxylic acids is 4. The number of carboxylic acids is 1. The smallest absolute Gasteiger partial charge is 0.427 e. The predicted octanol–water partition coefficient (Wildman–Crippen LogP) is 9.22. The van der Waals surface area contributed by atoms with Gasteiger partial charge in [-0.3, -0.25) is 34.0 Å². The van der Waals surface area contributed by atoms with Crippen LogP contribution < -0.4 is 19.9 Å². The third-order valence-electron chi connectivity index (χ3n) is 10.2. The highest BCUT2D eigenvalue weighted by Crippen LogP contribution is 2.39. The van der Waals surface area contributed by atoms with Gasteiger partial charge in [-0.25, -0.2) is 14.1 Å². The molecule has 3 heterocycles. The molecule has 24 heteroatoms. The Hall–Kier alpha value is -4.27. The number of cyclic esters (lactones) is 1. The van der Waals surface area contributed by atoms with Crippen molar-refractivity contribution in [2.75, 3.05) is 48.4 Å². The van der Waals surface area contributed by atoms with Crippen molar-refractivity contribution in [3.05, 3.63) is 87.8 Å². The lowest BCUT2D eigenvalue weighted by Gasteiger charge is -2.29. The minimum atomic E-state index is -4.10. The van der Waals surface area contributed by atoms with Gasteiger partial charge in [-0.1, -0.05) is 59.9 Å². The number of carbonyl (C=O) groups is 5. The highest BCUT2D eigenvalue weighted by atomic mass is 35.5. The predicted molar refractivity (Wildman–Crippen MR) is 258 cm³/mol. The molecule has 0 radical (unpaired) electrons. The fourth-order valence-electron chi connectivity index (χ4n) is 7.00. The van der Waals surface area contributed by atoms with Crippen LogP contribution in [0.2, 0.25) is 5.02 Å². The first-order chi connectivity index (χ1) is 32.4. The Morgan fingerprint density at radius 1 is 1.07 bits per heavy atom. The van der Waals surface area contributed by atoms with Crippen LogP contribution in [0.15, 0.2) is 64.5 Å². The number of aryl methyl sites for hydroxylation is 2. The first-order valence-electron chi connectivity index (χ1n) is 21.6. The highest BCUT2D eigenvalue weighted by molar-refractivity contribution is 7.51. The van der Waals surface area contributed by atoms with Gasteiger partial charge >= 0.3 is 25.6 Å². The van der Waals surface area contributed by atoms with Gasteiger partial charge in [-0.2, -0.15) is 0 Å². The van der Waals surface area contributed by atoms with Crippen LogP contribution in [0, 0.1) is 12.7 Å². The van der Waals surface area contributed by atoms with E-state index in [0.29, 0.717) is 29.4 Å². The van der Waals surface area contributed by atoms with Crippen LogP contribution in [0.25, 0.3) is 0 Å². The largest absolute Gasteiger partial charge is 0.489 e. The Labute approximate surface area is 420 Å². The van der Waals surface area contributed by atoms with Gasteiger partial charge in [0.2, 0.25) is 5.91 Å². The fraction of sp³-hybridized carbons (Fsp3) is 0.489. The Kier molecular flexibility index (Phi) is 23.4. The number of para-hydroxylation sites is 1. The van der Waals surface area contributed by atoms with Crippen molar-refractivity contribution in [2.24, 2.45) is 0 Å². The molecule has 18 nitrogen and oxygen atoms in total. The number of alkyl halides is 3. The number of rotatable bonds is 15. The van der Waals surface area contributed by atoms with Crippen LogP contribution in [0.5, 0.6) is 5.75 Å². The lowest BCUT2D eigenvalue weighted by Crippen LogP contribution is -2.45. The maximum atomic E-state index is 14.3. The van der Waals surface area contributed by atoms with Gasteiger partial charge < -0.3 is 43.2 Å². The number of amides is 4. The van der Waals surface area contributed by atoms with Crippen molar-refractivity contribution in [1.29, 1.82) is 0 Å². The minimum Gasteiger partial charge on any atom is -0.489 e. The van der Waals surface area contributed by atoms with Crippen molar-refractivity contribution >= 4 is 95.2 Å². The molecule has 0 bridgehead atoms. The molecule has 1 unspecified atom stereocenters. The molecule has 3 fully saturated rings. The Balaban J connectivity index is 0.000000254. The van der Waals surface area contributed by atoms with E-state index in [9.17, 15) is 32.9 Å². The normalized spacial score (nSPS) is 16.5. The second-order valence-electron chi connectivity index (χ2n) is 16.1. The average molecular weight is 1070 g/mol. The van der Waals surface area contributed by atoms with Crippen molar-refractivity contribution in [3.8, 4) is 5.75 Å². The van der Waals surface area contributed by atoms with Crippen molar-refractivity contribution in [3.63, 3.8) is 0 Å². The molecular weight excluding hydrogens is 1010 g/mol. The number of benzene rings is 2. The number of ether oxygens (including phenoxy) is 4. The monoisotopic (exact) mass is 1070 g/mol. The van der Waals surface area contributed by atoms with Gasteiger partial charge in [0.25, 0.3) is 5.91 Å². The molecule has 4 amide bonds. The number of hydrogen-bond acceptors (Lipinski definition) is 12. The maximum Gasteiger partial charge on any atom is 0.427 e. The number of nitrogens with one attached hydrogen (secondary N) is 1. The van der Waals surface area contributed by atoms with Crippen molar-refractivity contribution in [1.82, 2.24) is 10.2 Å². The van der Waals surface area contributed by atoms with E-state index in [1.54, 1.807) is 44.9 Å². The van der Waals surface area contributed by atoms with Crippen molar-refractivity contribution in [2.45, 2.75) is 103 Å². The molecule has 2 aliphatic heterocycles. The van der Waals surface area contributed by atoms with E-state index in [0.717, 1.165) is 55.0 Å². The fourth-order valence-corrected chi connectivity index (χ4v) is 7.97. The highest BCUT2D eigenvalue weighted by Gasteiger charge is 2.45. The van der Waals surface area contributed by atoms with Crippen molar-refractivity contribution < 1.29 is 71.2 Å². The zero-order valence-electron chi connectivity index (χ0n) is 39.1. The zero-order chi connectivity index (χ0) is 51.8. The molecule has 1 aromatic heterocycles. The van der Waals surface area contributed by atoms with E-state index >= 15 is 0 Å². The summed E-state index contributed by atoms with van der Waals surface area (Å²) in [4.78, 5) is 77.0. The molecule has 0 spiro atoms. The Morgan fingerprint density at radius 2 is 1.74 bits per heavy atom. The van der Waals surface area contributed by atoms with Crippen LogP contribution in [0.1, 0.15) is 90.2 Å². The third kappa shape index (κ3) is 17.5. The summed E-state index contributed by atoms with van der Waals surface area (Å²) in [6.07, 6.45) is 4.56. The summed E-state index contributed by atoms with van der Waals surface area (Å²) in [6.45, 7) is 13.6. The molecule has 69 heavy (non-hydrogen) atoms. The minimum absolute atomic E-state index is 0.00962. The molecule has 3 aliphatic rings. The topological polar surface area (TPSA) is 235 Å². The van der Waals surface area contributed by atoms with E-state index < -0.39 is 54.8 Å². The van der Waals surface area contributed by atoms with Crippen LogP contribution in [-0.2, 0) is 44.4 Å². The van der Waals surface area contributed by atoms with E-state index in [-0.39, 0.29) is 58.9 Å². The van der Waals surface area contributed by atoms with Gasteiger partial charge in [0.15, 0.2) is 10.6 Å². The average Bonchev–Trinajstić information content (AvgIpc) is 4.10. The summed E-state index contributed by atoms with van der Waals surface area (Å²) in [6, 6.07) is 11.9. The van der Waals surface area contributed by atoms with E-state index in [2.05, 4.69) is 12.2 Å². The summed E-state index contributed by atoms with van der Waals surface area (Å²) in [5, 5.41) is 10.2. The number of imide groups is 1. The molecule has 1 aliphatic carbocycles. The van der Waals surface area contributed by atoms with Crippen LogP contribution in [0.3, 0.4) is 0 Å². The number of carboxylic acid groups (broad SMARTS) is 1. The van der Waals surface area contributed by atoms with Gasteiger partial charge in [0.05, 0.1) is 48.1 Å². The SMILES string of the molecule is CC(C)=C1OC(=O)N(c2cc(OC3CCCC3)c(Cl)cc2F)C1=O.CC1(C)OC(c2ccco2)CN1C(=O)C(Cl)Cl.CCOCN(C(=O)CCl)c1c(C)cccc1CC.O=C(O)CNCP(=O)(O)O. The number of nitrogens with zero attached hydrogens (tertiary/aromatic N) is 3. The second-order valence-corrected chi connectivity index (χ2v) is 19.5. The Bertz CT molecular complexity index is 2320. The third-order valence-corrected chi connectivity index (χ3v) is 11.7. The molecule has 382 valence electrons. The standard InChI is InChI=1S/C17H17ClFNO4.C14H20ClNO2.C11H13Cl2NO3.C3H8NO5P/c1-9(2)15-16(21)20(17(22)24-15)13-8-14(11(18)7-12(13)19)23-10-5-3-4-6-10;1-4-12-8-6-7-11(3)14(12)16(10-18-5-2)13(17)9-15;1-11(2)14(10(15)9(12)13)6-8(17-11)7-4-3-5-16-7;5-3(6)1-4-2-10(7,8)9/h7-8,10H,3-6H2,1-2H3;6-8H,4-5,9-10H2,1-3H3;3-5,8-9H,6H2,1-2H3;4H,1-2H2,(H,5,6)(H2,7,8,9). The second kappa shape index (κ2) is 27.4. The van der Waals surface area contributed by atoms with E-state index in [1.165, 1.54) is 11.0 Å². The maximum absolute atomic E-state index is 14.3. The molecule has 6 rings (SSSR count). The Morgan fingerprint density at radius 3 is 2.26 bits per heavy atom. The molecule has 4 N–H and O–H groups in total. The summed E-state index contributed by atoms with van der Waals surface area (Å²) in [5.41, 5.74) is 2.70. The van der Waals surface area contributed by atoms with E-state index in [1.807, 2.05) is 38.1 Å². The van der Waals surface area contributed by atoms with Gasteiger partial charge in [0, 0.05) is 12.7 Å². The number of hydrogen-bond donors (Lipinski definition) is 4. The lowest BCUT2D eigenvalue weighted by molar-refractivity contribution is -0.144. The lowest BCUT2D eigenvalue weighted by atomic mass is 10.0. The van der Waals surface area contributed by atoms with Gasteiger partial charge in [-0.15, -0.1) is 11.6 Å². The zero-order valence-corrected chi connectivity index (χ0v) is 43.1. The molecule has 1 saturated carbocycles. The van der Waals surface area contributed by atoms with Crippen LogP contribution in [-0.4, -0.2) is 105 Å². The first-order valence-corrected chi connectivity index (χ1v) is 25.1. The van der Waals surface area contributed by atoms with Crippen LogP contribution >= 0.6 is 54.0 Å². The molecule has 2 aromatic carbocycles. The molecule has 1 atom stereocenters. The molecular formula is C45H58Cl4FN4O14P. The number of furan rings is 1. The molecule has 2 saturated heterocycles. The van der Waals surface area contributed by atoms with E-state index in [4.69, 9.17) is 84.7 Å². The van der Waals surface area contributed by atoms with Crippen LogP contribution in [0.4, 0.5) is 20.6 Å². The molecule has 3 aromatic rings. The van der Waals surface area contributed by atoms with Gasteiger partial charge in [0.1, 0.15) is 41.8 Å². The summed E-state index contributed by atoms with van der Waals surface area (Å²) >= 11 is 22.9.